The fraction of sp³-hybridized carbons (Fsp3) is 0.391. The van der Waals surface area contributed by atoms with Gasteiger partial charge in [0.25, 0.3) is 5.56 Å². The Kier molecular flexibility index (Phi) is 5.88. The molecule has 4 rings (SSSR count). The van der Waals surface area contributed by atoms with Gasteiger partial charge in [-0.2, -0.15) is 5.10 Å². The second kappa shape index (κ2) is 8.75. The van der Waals surface area contributed by atoms with Gasteiger partial charge in [-0.25, -0.2) is 4.68 Å². The number of carbonyl (C=O) groups excluding carboxylic acids is 2. The first-order chi connectivity index (χ1) is 15.0. The smallest absolute Gasteiger partial charge is 0.252 e. The summed E-state index contributed by atoms with van der Waals surface area (Å²) in [6.07, 6.45) is 2.22. The van der Waals surface area contributed by atoms with Gasteiger partial charge >= 0.3 is 0 Å². The van der Waals surface area contributed by atoms with Crippen molar-refractivity contribution in [1.29, 1.82) is 0 Å². The summed E-state index contributed by atoms with van der Waals surface area (Å²) in [4.78, 5) is 39.0. The van der Waals surface area contributed by atoms with E-state index in [2.05, 4.69) is 10.4 Å². The van der Waals surface area contributed by atoms with Gasteiger partial charge in [0.15, 0.2) is 0 Å². The maximum Gasteiger partial charge on any atom is 0.252 e. The average molecular weight is 422 g/mol. The van der Waals surface area contributed by atoms with Crippen LogP contribution in [0.4, 0.5) is 0 Å². The molecule has 0 aliphatic carbocycles. The molecule has 8 heteroatoms. The number of nitrogens with zero attached hydrogens (tertiary/aromatic N) is 4. The van der Waals surface area contributed by atoms with E-state index in [9.17, 15) is 14.4 Å². The highest BCUT2D eigenvalue weighted by molar-refractivity contribution is 5.85. The number of aromatic nitrogens is 3. The van der Waals surface area contributed by atoms with Gasteiger partial charge in [-0.05, 0) is 44.4 Å². The first-order valence-electron chi connectivity index (χ1n) is 10.7. The predicted octanol–water partition coefficient (Wildman–Crippen LogP) is 1.93. The van der Waals surface area contributed by atoms with E-state index >= 15 is 0 Å². The molecule has 0 unspecified atom stereocenters. The van der Waals surface area contributed by atoms with Gasteiger partial charge in [0.1, 0.15) is 12.2 Å². The third-order valence-corrected chi connectivity index (χ3v) is 5.69. The number of carbonyl (C=O) groups is 2. The number of pyridine rings is 1. The number of hydrogen-bond donors (Lipinski definition) is 1. The number of hydrogen-bond acceptors (Lipinski definition) is 4. The highest BCUT2D eigenvalue weighted by Crippen LogP contribution is 2.23. The Morgan fingerprint density at radius 1 is 1.16 bits per heavy atom. The molecule has 3 heterocycles. The van der Waals surface area contributed by atoms with Crippen LogP contribution in [-0.4, -0.2) is 50.7 Å². The van der Waals surface area contributed by atoms with E-state index in [4.69, 9.17) is 0 Å². The number of rotatable bonds is 7. The molecular weight excluding hydrogens is 394 g/mol. The molecule has 0 radical (unpaired) electrons. The van der Waals surface area contributed by atoms with Crippen molar-refractivity contribution in [3.8, 4) is 5.69 Å². The van der Waals surface area contributed by atoms with Gasteiger partial charge in [0, 0.05) is 37.5 Å². The molecule has 1 fully saturated rings. The molecule has 3 aromatic rings. The summed E-state index contributed by atoms with van der Waals surface area (Å²) in [5, 5.41) is 8.40. The zero-order valence-corrected chi connectivity index (χ0v) is 17.9. The van der Waals surface area contributed by atoms with Crippen LogP contribution in [0.5, 0.6) is 0 Å². The van der Waals surface area contributed by atoms with Crippen LogP contribution < -0.4 is 10.9 Å². The largest absolute Gasteiger partial charge is 0.354 e. The SMILES string of the molecule is Cc1cc(=O)n(CC(=O)NCCCN2CCCC2=O)c2c1c(C)nn2-c1ccccc1. The summed E-state index contributed by atoms with van der Waals surface area (Å²) in [5.74, 6) is -0.0528. The van der Waals surface area contributed by atoms with Crippen molar-refractivity contribution in [2.45, 2.75) is 39.7 Å². The summed E-state index contributed by atoms with van der Waals surface area (Å²) >= 11 is 0. The van der Waals surface area contributed by atoms with E-state index in [1.54, 1.807) is 10.7 Å². The lowest BCUT2D eigenvalue weighted by Gasteiger charge is -2.16. The van der Waals surface area contributed by atoms with Gasteiger partial charge in [0.2, 0.25) is 11.8 Å². The Hall–Kier alpha value is -3.42. The highest BCUT2D eigenvalue weighted by Gasteiger charge is 2.20. The summed E-state index contributed by atoms with van der Waals surface area (Å²) < 4.78 is 3.21. The lowest BCUT2D eigenvalue weighted by atomic mass is 10.1. The molecule has 0 spiro atoms. The van der Waals surface area contributed by atoms with E-state index in [1.807, 2.05) is 49.1 Å². The molecule has 1 aliphatic heterocycles. The predicted molar refractivity (Wildman–Crippen MR) is 118 cm³/mol. The maximum absolute atomic E-state index is 12.8. The number of likely N-dealkylation sites (tertiary alicyclic amines) is 1. The molecule has 1 N–H and O–H groups in total. The molecule has 162 valence electrons. The molecule has 1 aliphatic rings. The summed E-state index contributed by atoms with van der Waals surface area (Å²) in [5.41, 5.74) is 2.86. The average Bonchev–Trinajstić information content (AvgIpc) is 3.32. The Balaban J connectivity index is 1.55. The number of amides is 2. The van der Waals surface area contributed by atoms with Crippen LogP contribution in [0.1, 0.15) is 30.5 Å². The van der Waals surface area contributed by atoms with E-state index < -0.39 is 0 Å². The van der Waals surface area contributed by atoms with Crippen LogP contribution in [0.25, 0.3) is 16.7 Å². The topological polar surface area (TPSA) is 89.2 Å². The first-order valence-corrected chi connectivity index (χ1v) is 10.7. The van der Waals surface area contributed by atoms with Crippen molar-refractivity contribution in [2.75, 3.05) is 19.6 Å². The first kappa shape index (κ1) is 20.8. The maximum atomic E-state index is 12.8. The molecule has 0 atom stereocenters. The molecule has 1 saturated heterocycles. The van der Waals surface area contributed by atoms with Crippen molar-refractivity contribution in [1.82, 2.24) is 24.6 Å². The minimum absolute atomic E-state index is 0.0871. The normalized spacial score (nSPS) is 13.9. The lowest BCUT2D eigenvalue weighted by Crippen LogP contribution is -2.35. The zero-order valence-electron chi connectivity index (χ0n) is 17.9. The standard InChI is InChI=1S/C23H27N5O3/c1-16-14-21(31)27(15-19(29)24-11-7-13-26-12-6-10-20(26)30)23-22(16)17(2)25-28(23)18-8-4-3-5-9-18/h3-5,8-9,14H,6-7,10-13,15H2,1-2H3,(H,24,29). The third kappa shape index (κ3) is 4.23. The molecule has 1 aromatic carbocycles. The van der Waals surface area contributed by atoms with Crippen LogP contribution in [0, 0.1) is 13.8 Å². The van der Waals surface area contributed by atoms with Gasteiger partial charge in [-0.15, -0.1) is 0 Å². The molecule has 2 aromatic heterocycles. The monoisotopic (exact) mass is 421 g/mol. The molecular formula is C23H27N5O3. The molecule has 31 heavy (non-hydrogen) atoms. The number of para-hydroxylation sites is 1. The van der Waals surface area contributed by atoms with Gasteiger partial charge < -0.3 is 10.2 Å². The number of nitrogens with one attached hydrogen (secondary N) is 1. The van der Waals surface area contributed by atoms with Gasteiger partial charge in [-0.3, -0.25) is 19.0 Å². The number of fused-ring (bicyclic) bond motifs is 1. The molecule has 8 nitrogen and oxygen atoms in total. The van der Waals surface area contributed by atoms with Crippen molar-refractivity contribution in [3.05, 3.63) is 58.0 Å². The van der Waals surface area contributed by atoms with Crippen molar-refractivity contribution in [2.24, 2.45) is 0 Å². The van der Waals surface area contributed by atoms with Crippen LogP contribution in [0.2, 0.25) is 0 Å². The second-order valence-corrected chi connectivity index (χ2v) is 7.97. The zero-order chi connectivity index (χ0) is 22.0. The van der Waals surface area contributed by atoms with Gasteiger partial charge in [-0.1, -0.05) is 18.2 Å². The summed E-state index contributed by atoms with van der Waals surface area (Å²) in [6, 6.07) is 11.1. The van der Waals surface area contributed by atoms with Crippen LogP contribution in [0.3, 0.4) is 0 Å². The van der Waals surface area contributed by atoms with Crippen molar-refractivity contribution >= 4 is 22.8 Å². The Bertz CT molecular complexity index is 1180. The van der Waals surface area contributed by atoms with Crippen molar-refractivity contribution < 1.29 is 9.59 Å². The third-order valence-electron chi connectivity index (χ3n) is 5.69. The van der Waals surface area contributed by atoms with E-state index in [1.165, 1.54) is 4.57 Å². The Labute approximate surface area is 180 Å². The van der Waals surface area contributed by atoms with Crippen LogP contribution >= 0.6 is 0 Å². The molecule has 0 saturated carbocycles. The summed E-state index contributed by atoms with van der Waals surface area (Å²) in [7, 11) is 0. The lowest BCUT2D eigenvalue weighted by molar-refractivity contribution is -0.127. The minimum Gasteiger partial charge on any atom is -0.354 e. The number of benzene rings is 1. The summed E-state index contributed by atoms with van der Waals surface area (Å²) in [6.45, 7) is 5.61. The second-order valence-electron chi connectivity index (χ2n) is 7.97. The minimum atomic E-state index is -0.238. The Morgan fingerprint density at radius 3 is 2.65 bits per heavy atom. The Morgan fingerprint density at radius 2 is 1.94 bits per heavy atom. The molecule has 0 bridgehead atoms. The highest BCUT2D eigenvalue weighted by atomic mass is 16.2. The number of aryl methyl sites for hydroxylation is 2. The van der Waals surface area contributed by atoms with E-state index in [0.29, 0.717) is 31.6 Å². The van der Waals surface area contributed by atoms with Gasteiger partial charge in [0.05, 0.1) is 11.4 Å². The fourth-order valence-electron chi connectivity index (χ4n) is 4.21. The van der Waals surface area contributed by atoms with E-state index in [-0.39, 0.29) is 23.9 Å². The van der Waals surface area contributed by atoms with Crippen molar-refractivity contribution in [3.63, 3.8) is 0 Å². The van der Waals surface area contributed by atoms with E-state index in [0.717, 1.165) is 35.3 Å². The van der Waals surface area contributed by atoms with Crippen LogP contribution in [-0.2, 0) is 16.1 Å². The van der Waals surface area contributed by atoms with Crippen LogP contribution in [0.15, 0.2) is 41.2 Å². The quantitative estimate of drug-likeness (QED) is 0.591. The molecule has 2 amide bonds. The fourth-order valence-corrected chi connectivity index (χ4v) is 4.21.